The molecule has 4 nitrogen and oxygen atoms in total. The van der Waals surface area contributed by atoms with Crippen LogP contribution in [0.2, 0.25) is 5.02 Å². The first-order chi connectivity index (χ1) is 14.6. The molecule has 3 aliphatic rings. The minimum atomic E-state index is 0.409. The van der Waals surface area contributed by atoms with E-state index < -0.39 is 0 Å². The number of thiophene rings is 1. The Morgan fingerprint density at radius 2 is 2.07 bits per heavy atom. The average molecular weight is 439 g/mol. The summed E-state index contributed by atoms with van der Waals surface area (Å²) in [6.45, 7) is 7.83. The highest BCUT2D eigenvalue weighted by atomic mass is 35.5. The first kappa shape index (κ1) is 19.2. The molecular formula is C24H27ClN4S. The maximum Gasteiger partial charge on any atom is 0.127 e. The second-order valence-electron chi connectivity index (χ2n) is 9.36. The summed E-state index contributed by atoms with van der Waals surface area (Å²) >= 11 is 8.53. The van der Waals surface area contributed by atoms with Crippen LogP contribution in [0.3, 0.4) is 0 Å². The highest BCUT2D eigenvalue weighted by molar-refractivity contribution is 7.16. The van der Waals surface area contributed by atoms with Crippen LogP contribution in [0.1, 0.15) is 60.3 Å². The largest absolute Gasteiger partial charge is 0.312 e. The fourth-order valence-electron chi connectivity index (χ4n) is 5.61. The van der Waals surface area contributed by atoms with Gasteiger partial charge in [0.25, 0.3) is 0 Å². The Morgan fingerprint density at radius 3 is 2.90 bits per heavy atom. The molecule has 1 N–H and O–H groups in total. The molecule has 4 heterocycles. The van der Waals surface area contributed by atoms with Crippen molar-refractivity contribution < 1.29 is 0 Å². The highest BCUT2D eigenvalue weighted by Gasteiger charge is 2.43. The zero-order valence-corrected chi connectivity index (χ0v) is 19.0. The van der Waals surface area contributed by atoms with Crippen LogP contribution in [0, 0.1) is 12.8 Å². The van der Waals surface area contributed by atoms with E-state index in [0.29, 0.717) is 23.9 Å². The van der Waals surface area contributed by atoms with Gasteiger partial charge in [-0.25, -0.2) is 9.97 Å². The Hall–Kier alpha value is -1.53. The Kier molecular flexibility index (Phi) is 4.64. The normalized spacial score (nSPS) is 29.4. The van der Waals surface area contributed by atoms with Crippen molar-refractivity contribution in [1.29, 1.82) is 0 Å². The van der Waals surface area contributed by atoms with Gasteiger partial charge in [0.05, 0.1) is 5.69 Å². The van der Waals surface area contributed by atoms with Crippen LogP contribution in [-0.4, -0.2) is 40.5 Å². The lowest BCUT2D eigenvalue weighted by atomic mass is 9.95. The van der Waals surface area contributed by atoms with E-state index in [-0.39, 0.29) is 0 Å². The van der Waals surface area contributed by atoms with Crippen LogP contribution in [0.4, 0.5) is 0 Å². The summed E-state index contributed by atoms with van der Waals surface area (Å²) in [5, 5.41) is 7.90. The molecule has 2 saturated heterocycles. The number of hydrogen-bond acceptors (Lipinski definition) is 5. The standard InChI is InChI=1S/C24H27ClN4S/c1-13(29-11-15-7-17(12-29)26-10-15)16-3-4-18(22(25)8-16)20-9-21(20)23-19-5-6-30-24(19)28-14(2)27-23/h3-6,8,13,15,17,20-21,26H,7,9-12H2,1-2H3/t13-,15+,17+,20-,21+/m1/s1. The number of nitrogens with one attached hydrogen (secondary N) is 1. The third-order valence-corrected chi connectivity index (χ3v) is 8.46. The van der Waals surface area contributed by atoms with Gasteiger partial charge in [-0.2, -0.15) is 0 Å². The molecule has 5 atom stereocenters. The summed E-state index contributed by atoms with van der Waals surface area (Å²) in [5.74, 6) is 2.59. The second kappa shape index (κ2) is 7.27. The maximum atomic E-state index is 6.84. The number of nitrogens with zero attached hydrogens (tertiary/aromatic N) is 3. The number of halogens is 1. The van der Waals surface area contributed by atoms with Crippen LogP contribution in [0.5, 0.6) is 0 Å². The fraction of sp³-hybridized carbons (Fsp3) is 0.500. The topological polar surface area (TPSA) is 41.1 Å². The lowest BCUT2D eigenvalue weighted by Crippen LogP contribution is -2.42. The number of fused-ring (bicyclic) bond motifs is 3. The molecule has 1 aromatic carbocycles. The van der Waals surface area contributed by atoms with Crippen molar-refractivity contribution in [2.24, 2.45) is 5.92 Å². The molecule has 3 fully saturated rings. The van der Waals surface area contributed by atoms with Crippen molar-refractivity contribution >= 4 is 33.2 Å². The lowest BCUT2D eigenvalue weighted by molar-refractivity contribution is 0.146. The molecule has 30 heavy (non-hydrogen) atoms. The van der Waals surface area contributed by atoms with Crippen molar-refractivity contribution in [3.63, 3.8) is 0 Å². The summed E-state index contributed by atoms with van der Waals surface area (Å²) in [6.07, 6.45) is 2.46. The third kappa shape index (κ3) is 3.27. The molecule has 1 aliphatic carbocycles. The molecule has 0 spiro atoms. The molecule has 0 amide bonds. The van der Waals surface area contributed by atoms with Crippen molar-refractivity contribution in [3.05, 3.63) is 57.3 Å². The Bertz CT molecular complexity index is 1100. The van der Waals surface area contributed by atoms with Gasteiger partial charge in [0.1, 0.15) is 10.7 Å². The summed E-state index contributed by atoms with van der Waals surface area (Å²) in [7, 11) is 0. The maximum absolute atomic E-state index is 6.84. The minimum Gasteiger partial charge on any atom is -0.312 e. The zero-order valence-electron chi connectivity index (χ0n) is 17.4. The fourth-order valence-corrected chi connectivity index (χ4v) is 6.76. The quantitative estimate of drug-likeness (QED) is 0.601. The van der Waals surface area contributed by atoms with E-state index in [2.05, 4.69) is 51.8 Å². The second-order valence-corrected chi connectivity index (χ2v) is 10.7. The number of hydrogen-bond donors (Lipinski definition) is 1. The van der Waals surface area contributed by atoms with Gasteiger partial charge in [0, 0.05) is 41.5 Å². The average Bonchev–Trinajstić information content (AvgIpc) is 3.25. The van der Waals surface area contributed by atoms with E-state index in [9.17, 15) is 0 Å². The number of aryl methyl sites for hydroxylation is 1. The van der Waals surface area contributed by atoms with Crippen LogP contribution in [-0.2, 0) is 0 Å². The number of piperidine rings is 1. The smallest absolute Gasteiger partial charge is 0.127 e. The van der Waals surface area contributed by atoms with Crippen molar-refractivity contribution in [2.75, 3.05) is 19.6 Å². The van der Waals surface area contributed by atoms with E-state index in [4.69, 9.17) is 16.6 Å². The Balaban J connectivity index is 1.23. The van der Waals surface area contributed by atoms with Gasteiger partial charge in [-0.3, -0.25) is 4.90 Å². The number of aromatic nitrogens is 2. The van der Waals surface area contributed by atoms with Gasteiger partial charge in [-0.15, -0.1) is 11.3 Å². The molecule has 2 aliphatic heterocycles. The van der Waals surface area contributed by atoms with Gasteiger partial charge >= 0.3 is 0 Å². The van der Waals surface area contributed by atoms with E-state index in [1.807, 2.05) is 6.92 Å². The molecule has 2 bridgehead atoms. The summed E-state index contributed by atoms with van der Waals surface area (Å²) in [4.78, 5) is 13.1. The van der Waals surface area contributed by atoms with E-state index >= 15 is 0 Å². The highest BCUT2D eigenvalue weighted by Crippen LogP contribution is 2.57. The summed E-state index contributed by atoms with van der Waals surface area (Å²) in [6, 6.07) is 10.0. The molecule has 6 rings (SSSR count). The molecule has 3 aromatic rings. The molecule has 2 aromatic heterocycles. The van der Waals surface area contributed by atoms with Crippen molar-refractivity contribution in [2.45, 2.75) is 50.6 Å². The monoisotopic (exact) mass is 438 g/mol. The SMILES string of the molecule is Cc1nc([C@H]2C[C@@H]2c2ccc([C@@H](C)N3C[C@@H]4CN[C@@H](C4)C3)cc2Cl)c2ccsc2n1. The van der Waals surface area contributed by atoms with Gasteiger partial charge < -0.3 is 5.32 Å². The lowest BCUT2D eigenvalue weighted by Gasteiger charge is -2.36. The summed E-state index contributed by atoms with van der Waals surface area (Å²) in [5.41, 5.74) is 3.81. The summed E-state index contributed by atoms with van der Waals surface area (Å²) < 4.78 is 0. The van der Waals surface area contributed by atoms with Crippen LogP contribution >= 0.6 is 22.9 Å². The van der Waals surface area contributed by atoms with E-state index in [1.54, 1.807) is 11.3 Å². The number of likely N-dealkylation sites (tertiary alicyclic amines) is 1. The molecule has 0 unspecified atom stereocenters. The Labute approximate surface area is 186 Å². The molecule has 0 radical (unpaired) electrons. The Morgan fingerprint density at radius 1 is 1.17 bits per heavy atom. The van der Waals surface area contributed by atoms with Gasteiger partial charge in [0.2, 0.25) is 0 Å². The molecule has 156 valence electrons. The van der Waals surface area contributed by atoms with E-state index in [0.717, 1.165) is 34.6 Å². The number of benzene rings is 1. The number of rotatable bonds is 4. The van der Waals surface area contributed by atoms with Crippen LogP contribution in [0.15, 0.2) is 29.6 Å². The minimum absolute atomic E-state index is 0.409. The van der Waals surface area contributed by atoms with Crippen molar-refractivity contribution in [1.82, 2.24) is 20.2 Å². The van der Waals surface area contributed by atoms with Crippen LogP contribution < -0.4 is 5.32 Å². The van der Waals surface area contributed by atoms with Crippen LogP contribution in [0.25, 0.3) is 10.2 Å². The van der Waals surface area contributed by atoms with E-state index in [1.165, 1.54) is 41.7 Å². The zero-order chi connectivity index (χ0) is 20.4. The molecular weight excluding hydrogens is 412 g/mol. The van der Waals surface area contributed by atoms with Gasteiger partial charge in [-0.05, 0) is 73.7 Å². The third-order valence-electron chi connectivity index (χ3n) is 7.32. The van der Waals surface area contributed by atoms with Gasteiger partial charge in [-0.1, -0.05) is 23.7 Å². The first-order valence-electron chi connectivity index (χ1n) is 11.1. The first-order valence-corrected chi connectivity index (χ1v) is 12.3. The molecule has 6 heteroatoms. The predicted molar refractivity (Wildman–Crippen MR) is 124 cm³/mol. The van der Waals surface area contributed by atoms with Gasteiger partial charge in [0.15, 0.2) is 0 Å². The van der Waals surface area contributed by atoms with Crippen molar-refractivity contribution in [3.8, 4) is 0 Å². The predicted octanol–water partition coefficient (Wildman–Crippen LogP) is 5.28. The molecule has 1 saturated carbocycles.